The molecular weight excluding hydrogens is 234 g/mol. The molecule has 0 heterocycles. The van der Waals surface area contributed by atoms with Gasteiger partial charge in [0.2, 0.25) is 0 Å². The van der Waals surface area contributed by atoms with E-state index in [1.54, 1.807) is 7.11 Å². The lowest BCUT2D eigenvalue weighted by Gasteiger charge is -2.15. The van der Waals surface area contributed by atoms with Crippen molar-refractivity contribution in [1.82, 2.24) is 0 Å². The topological polar surface area (TPSA) is 73.9 Å². The minimum Gasteiger partial charge on any atom is -0.497 e. The fourth-order valence-electron chi connectivity index (χ4n) is 1.52. The molecule has 0 radical (unpaired) electrons. The van der Waals surface area contributed by atoms with E-state index in [9.17, 15) is 0 Å². The van der Waals surface area contributed by atoms with Gasteiger partial charge < -0.3 is 25.1 Å². The zero-order chi connectivity index (χ0) is 13.4. The lowest BCUT2D eigenvalue weighted by atomic mass is 10.1. The molecule has 0 saturated heterocycles. The second kappa shape index (κ2) is 7.92. The van der Waals surface area contributed by atoms with Gasteiger partial charge in [0.15, 0.2) is 0 Å². The van der Waals surface area contributed by atoms with E-state index in [2.05, 4.69) is 0 Å². The Morgan fingerprint density at radius 2 is 2.06 bits per heavy atom. The van der Waals surface area contributed by atoms with E-state index in [1.165, 1.54) is 0 Å². The number of aliphatic hydroxyl groups excluding tert-OH is 1. The molecule has 0 amide bonds. The minimum atomic E-state index is -0.107. The van der Waals surface area contributed by atoms with Crippen molar-refractivity contribution in [3.63, 3.8) is 0 Å². The van der Waals surface area contributed by atoms with Crippen molar-refractivity contribution in [2.75, 3.05) is 33.5 Å². The SMILES string of the molecule is COc1ccc([C@H](C)N)c(OCCOCCO)c1. The van der Waals surface area contributed by atoms with Gasteiger partial charge in [-0.3, -0.25) is 0 Å². The summed E-state index contributed by atoms with van der Waals surface area (Å²) in [6.45, 7) is 3.08. The molecule has 5 nitrogen and oxygen atoms in total. The summed E-state index contributed by atoms with van der Waals surface area (Å²) >= 11 is 0. The third-order valence-electron chi connectivity index (χ3n) is 2.43. The third kappa shape index (κ3) is 4.52. The van der Waals surface area contributed by atoms with E-state index in [0.717, 1.165) is 11.3 Å². The van der Waals surface area contributed by atoms with Gasteiger partial charge in [0.25, 0.3) is 0 Å². The predicted molar refractivity (Wildman–Crippen MR) is 69.0 cm³/mol. The van der Waals surface area contributed by atoms with Gasteiger partial charge in [0, 0.05) is 17.7 Å². The summed E-state index contributed by atoms with van der Waals surface area (Å²) in [5, 5.41) is 8.57. The third-order valence-corrected chi connectivity index (χ3v) is 2.43. The first-order valence-corrected chi connectivity index (χ1v) is 5.94. The summed E-state index contributed by atoms with van der Waals surface area (Å²) in [5.74, 6) is 1.43. The Morgan fingerprint density at radius 1 is 1.28 bits per heavy atom. The van der Waals surface area contributed by atoms with E-state index in [1.807, 2.05) is 25.1 Å². The van der Waals surface area contributed by atoms with Gasteiger partial charge in [-0.15, -0.1) is 0 Å². The van der Waals surface area contributed by atoms with Crippen LogP contribution in [-0.2, 0) is 4.74 Å². The Labute approximate surface area is 107 Å². The molecule has 18 heavy (non-hydrogen) atoms. The van der Waals surface area contributed by atoms with Gasteiger partial charge in [0.05, 0.1) is 26.9 Å². The van der Waals surface area contributed by atoms with Crippen LogP contribution in [0.1, 0.15) is 18.5 Å². The number of ether oxygens (including phenoxy) is 3. The van der Waals surface area contributed by atoms with E-state index in [-0.39, 0.29) is 12.6 Å². The lowest BCUT2D eigenvalue weighted by Crippen LogP contribution is -2.12. The van der Waals surface area contributed by atoms with Crippen molar-refractivity contribution in [2.45, 2.75) is 13.0 Å². The van der Waals surface area contributed by atoms with Gasteiger partial charge in [-0.25, -0.2) is 0 Å². The molecule has 0 saturated carbocycles. The summed E-state index contributed by atoms with van der Waals surface area (Å²) in [6, 6.07) is 5.45. The van der Waals surface area contributed by atoms with Crippen molar-refractivity contribution in [2.24, 2.45) is 5.73 Å². The van der Waals surface area contributed by atoms with Crippen LogP contribution in [0.5, 0.6) is 11.5 Å². The zero-order valence-corrected chi connectivity index (χ0v) is 10.9. The Bertz CT molecular complexity index is 355. The van der Waals surface area contributed by atoms with Gasteiger partial charge in [-0.2, -0.15) is 0 Å². The van der Waals surface area contributed by atoms with Crippen LogP contribution in [0, 0.1) is 0 Å². The van der Waals surface area contributed by atoms with Crippen LogP contribution in [0.3, 0.4) is 0 Å². The number of aliphatic hydroxyl groups is 1. The highest BCUT2D eigenvalue weighted by atomic mass is 16.5. The minimum absolute atomic E-state index is 0.0181. The molecule has 3 N–H and O–H groups in total. The molecule has 5 heteroatoms. The summed E-state index contributed by atoms with van der Waals surface area (Å²) in [5.41, 5.74) is 6.80. The second-order valence-electron chi connectivity index (χ2n) is 3.88. The van der Waals surface area contributed by atoms with Gasteiger partial charge >= 0.3 is 0 Å². The van der Waals surface area contributed by atoms with Crippen molar-refractivity contribution in [1.29, 1.82) is 0 Å². The van der Waals surface area contributed by atoms with Crippen LogP contribution < -0.4 is 15.2 Å². The molecule has 1 rings (SSSR count). The average molecular weight is 255 g/mol. The van der Waals surface area contributed by atoms with Crippen LogP contribution >= 0.6 is 0 Å². The molecular formula is C13H21NO4. The Kier molecular flexibility index (Phi) is 6.49. The molecule has 1 aromatic carbocycles. The number of nitrogens with two attached hydrogens (primary N) is 1. The second-order valence-corrected chi connectivity index (χ2v) is 3.88. The van der Waals surface area contributed by atoms with Crippen LogP contribution in [-0.4, -0.2) is 38.6 Å². The largest absolute Gasteiger partial charge is 0.497 e. The Morgan fingerprint density at radius 3 is 2.67 bits per heavy atom. The van der Waals surface area contributed by atoms with E-state index in [4.69, 9.17) is 25.1 Å². The molecule has 0 fully saturated rings. The normalized spacial score (nSPS) is 12.2. The molecule has 0 aliphatic carbocycles. The molecule has 1 atom stereocenters. The monoisotopic (exact) mass is 255 g/mol. The molecule has 0 aliphatic rings. The molecule has 0 aromatic heterocycles. The van der Waals surface area contributed by atoms with Crippen LogP contribution in [0.25, 0.3) is 0 Å². The summed E-state index contributed by atoms with van der Waals surface area (Å²) in [4.78, 5) is 0. The molecule has 0 bridgehead atoms. The molecule has 0 unspecified atom stereocenters. The summed E-state index contributed by atoms with van der Waals surface area (Å²) in [7, 11) is 1.61. The van der Waals surface area contributed by atoms with Crippen molar-refractivity contribution in [3.05, 3.63) is 23.8 Å². The number of methoxy groups -OCH3 is 1. The fraction of sp³-hybridized carbons (Fsp3) is 0.538. The lowest BCUT2D eigenvalue weighted by molar-refractivity contribution is 0.0702. The van der Waals surface area contributed by atoms with Gasteiger partial charge in [0.1, 0.15) is 18.1 Å². The standard InChI is InChI=1S/C13H21NO4/c1-10(14)12-4-3-11(16-2)9-13(12)18-8-7-17-6-5-15/h3-4,9-10,15H,5-8,14H2,1-2H3/t10-/m0/s1. The van der Waals surface area contributed by atoms with Crippen molar-refractivity contribution < 1.29 is 19.3 Å². The maximum absolute atomic E-state index is 8.57. The highest BCUT2D eigenvalue weighted by molar-refractivity contribution is 5.42. The van der Waals surface area contributed by atoms with Gasteiger partial charge in [-0.1, -0.05) is 6.07 Å². The Hall–Kier alpha value is -1.30. The van der Waals surface area contributed by atoms with E-state index >= 15 is 0 Å². The van der Waals surface area contributed by atoms with Gasteiger partial charge in [-0.05, 0) is 13.0 Å². The molecule has 1 aromatic rings. The number of rotatable bonds is 8. The zero-order valence-electron chi connectivity index (χ0n) is 10.9. The van der Waals surface area contributed by atoms with Crippen molar-refractivity contribution >= 4 is 0 Å². The quantitative estimate of drug-likeness (QED) is 0.680. The highest BCUT2D eigenvalue weighted by Gasteiger charge is 2.09. The predicted octanol–water partition coefficient (Wildman–Crippen LogP) is 1.10. The smallest absolute Gasteiger partial charge is 0.127 e. The van der Waals surface area contributed by atoms with E-state index < -0.39 is 0 Å². The molecule has 102 valence electrons. The van der Waals surface area contributed by atoms with Crippen LogP contribution in [0.15, 0.2) is 18.2 Å². The van der Waals surface area contributed by atoms with Crippen LogP contribution in [0.4, 0.5) is 0 Å². The number of hydrogen-bond donors (Lipinski definition) is 2. The number of benzene rings is 1. The van der Waals surface area contributed by atoms with Crippen LogP contribution in [0.2, 0.25) is 0 Å². The maximum atomic E-state index is 8.57. The fourth-order valence-corrected chi connectivity index (χ4v) is 1.52. The summed E-state index contributed by atoms with van der Waals surface area (Å²) in [6.07, 6.45) is 0. The number of hydrogen-bond acceptors (Lipinski definition) is 5. The first-order valence-electron chi connectivity index (χ1n) is 5.94. The average Bonchev–Trinajstić information content (AvgIpc) is 2.38. The maximum Gasteiger partial charge on any atom is 0.127 e. The first kappa shape index (κ1) is 14.8. The Balaban J connectivity index is 2.60. The highest BCUT2D eigenvalue weighted by Crippen LogP contribution is 2.28. The van der Waals surface area contributed by atoms with Crippen molar-refractivity contribution in [3.8, 4) is 11.5 Å². The summed E-state index contributed by atoms with van der Waals surface area (Å²) < 4.78 is 15.9. The first-order chi connectivity index (χ1) is 8.69. The van der Waals surface area contributed by atoms with E-state index in [0.29, 0.717) is 25.6 Å². The molecule has 0 spiro atoms. The molecule has 0 aliphatic heterocycles.